The zero-order valence-corrected chi connectivity index (χ0v) is 15.9. The summed E-state index contributed by atoms with van der Waals surface area (Å²) in [6.07, 6.45) is 5.37. The van der Waals surface area contributed by atoms with E-state index in [1.54, 1.807) is 12.1 Å². The molecule has 1 saturated heterocycles. The van der Waals surface area contributed by atoms with Crippen molar-refractivity contribution in [1.29, 1.82) is 0 Å². The van der Waals surface area contributed by atoms with Crippen LogP contribution in [0.1, 0.15) is 12.0 Å². The molecule has 0 spiro atoms. The van der Waals surface area contributed by atoms with Crippen LogP contribution >= 0.6 is 0 Å². The number of nitrogens with one attached hydrogen (secondary N) is 1. The van der Waals surface area contributed by atoms with Crippen LogP contribution in [0.2, 0.25) is 0 Å². The van der Waals surface area contributed by atoms with Gasteiger partial charge in [0.05, 0.1) is 16.7 Å². The Bertz CT molecular complexity index is 940. The number of imide groups is 1. The highest BCUT2D eigenvalue weighted by Crippen LogP contribution is 2.52. The number of allylic oxidation sites excluding steroid dienone is 2. The molecule has 2 bridgehead atoms. The molecule has 3 aliphatic rings. The van der Waals surface area contributed by atoms with Gasteiger partial charge in [-0.1, -0.05) is 24.3 Å². The van der Waals surface area contributed by atoms with Crippen molar-refractivity contribution in [3.8, 4) is 0 Å². The van der Waals surface area contributed by atoms with E-state index in [2.05, 4.69) is 5.32 Å². The first kappa shape index (κ1) is 18.8. The lowest BCUT2D eigenvalue weighted by molar-refractivity contribution is -0.144. The molecule has 4 rings (SSSR count). The predicted molar refractivity (Wildman–Crippen MR) is 99.0 cm³/mol. The lowest BCUT2D eigenvalue weighted by Gasteiger charge is -2.16. The van der Waals surface area contributed by atoms with Crippen LogP contribution in [0.5, 0.6) is 0 Å². The average Bonchev–Trinajstić information content (AvgIpc) is 3.31. The third-order valence-corrected chi connectivity index (χ3v) is 6.78. The van der Waals surface area contributed by atoms with Gasteiger partial charge < -0.3 is 5.32 Å². The van der Waals surface area contributed by atoms with Gasteiger partial charge in [-0.3, -0.25) is 19.3 Å². The Labute approximate surface area is 162 Å². The second-order valence-electron chi connectivity index (χ2n) is 7.55. The largest absolute Gasteiger partial charge is 0.354 e. The standard InChI is InChI=1S/C19H21N3O5S/c20-28(26,27)14-5-1-11(2-6-14)7-8-21-15(23)10-22-18(24)16-12-3-4-13(9-12)17(16)19(22)25/h1-6,12-13,16-17H,7-10H2,(H,21,23)(H2,20,26,27). The summed E-state index contributed by atoms with van der Waals surface area (Å²) in [5, 5.41) is 7.76. The highest BCUT2D eigenvalue weighted by atomic mass is 32.2. The summed E-state index contributed by atoms with van der Waals surface area (Å²) in [6.45, 7) is 0.0535. The fourth-order valence-corrected chi connectivity index (χ4v) is 5.03. The first-order chi connectivity index (χ1) is 13.3. The van der Waals surface area contributed by atoms with Crippen LogP contribution in [0.25, 0.3) is 0 Å². The van der Waals surface area contributed by atoms with E-state index in [-0.39, 0.29) is 52.8 Å². The third kappa shape index (κ3) is 3.24. The van der Waals surface area contributed by atoms with Crippen molar-refractivity contribution in [1.82, 2.24) is 10.2 Å². The molecule has 28 heavy (non-hydrogen) atoms. The monoisotopic (exact) mass is 403 g/mol. The van der Waals surface area contributed by atoms with Crippen molar-refractivity contribution >= 4 is 27.7 Å². The van der Waals surface area contributed by atoms with Gasteiger partial charge in [0.25, 0.3) is 0 Å². The number of benzene rings is 1. The van der Waals surface area contributed by atoms with Crippen molar-refractivity contribution in [3.05, 3.63) is 42.0 Å². The van der Waals surface area contributed by atoms with E-state index >= 15 is 0 Å². The normalized spacial score (nSPS) is 28.1. The number of rotatable bonds is 6. The molecule has 9 heteroatoms. The molecule has 4 atom stereocenters. The van der Waals surface area contributed by atoms with Gasteiger partial charge in [0.2, 0.25) is 27.7 Å². The number of sulfonamides is 1. The number of carbonyl (C=O) groups is 3. The zero-order valence-electron chi connectivity index (χ0n) is 15.1. The van der Waals surface area contributed by atoms with E-state index < -0.39 is 10.0 Å². The third-order valence-electron chi connectivity index (χ3n) is 5.85. The smallest absolute Gasteiger partial charge is 0.240 e. The molecule has 1 heterocycles. The van der Waals surface area contributed by atoms with Crippen LogP contribution < -0.4 is 10.5 Å². The molecule has 148 valence electrons. The minimum atomic E-state index is -3.73. The predicted octanol–water partition coefficient (Wildman–Crippen LogP) is -0.200. The molecule has 3 N–H and O–H groups in total. The number of amides is 3. The van der Waals surface area contributed by atoms with Gasteiger partial charge in [-0.2, -0.15) is 0 Å². The van der Waals surface area contributed by atoms with Gasteiger partial charge in [-0.15, -0.1) is 0 Å². The Kier molecular flexibility index (Phi) is 4.59. The lowest BCUT2D eigenvalue weighted by Crippen LogP contribution is -2.42. The topological polar surface area (TPSA) is 127 Å². The van der Waals surface area contributed by atoms with Crippen molar-refractivity contribution < 1.29 is 22.8 Å². The van der Waals surface area contributed by atoms with Gasteiger partial charge in [0.1, 0.15) is 6.54 Å². The number of primary sulfonamides is 1. The summed E-state index contributed by atoms with van der Waals surface area (Å²) >= 11 is 0. The summed E-state index contributed by atoms with van der Waals surface area (Å²) < 4.78 is 22.5. The SMILES string of the molecule is NS(=O)(=O)c1ccc(CCNC(=O)CN2C(=O)C3C4C=CC(C4)C3C2=O)cc1. The molecule has 1 aliphatic heterocycles. The summed E-state index contributed by atoms with van der Waals surface area (Å²) in [4.78, 5) is 38.4. The van der Waals surface area contributed by atoms with E-state index in [9.17, 15) is 22.8 Å². The van der Waals surface area contributed by atoms with Gasteiger partial charge in [0.15, 0.2) is 0 Å². The van der Waals surface area contributed by atoms with Crippen LogP contribution in [0.3, 0.4) is 0 Å². The van der Waals surface area contributed by atoms with Crippen molar-refractivity contribution in [2.75, 3.05) is 13.1 Å². The highest BCUT2D eigenvalue weighted by Gasteiger charge is 2.59. The average molecular weight is 403 g/mol. The quantitative estimate of drug-likeness (QED) is 0.502. The summed E-state index contributed by atoms with van der Waals surface area (Å²) in [5.74, 6) is -1.20. The first-order valence-corrected chi connectivity index (χ1v) is 10.7. The summed E-state index contributed by atoms with van der Waals surface area (Å²) in [7, 11) is -3.73. The van der Waals surface area contributed by atoms with E-state index in [4.69, 9.17) is 5.14 Å². The molecular formula is C19H21N3O5S. The Morgan fingerprint density at radius 3 is 2.18 bits per heavy atom. The van der Waals surface area contributed by atoms with E-state index in [1.807, 2.05) is 12.2 Å². The lowest BCUT2D eigenvalue weighted by atomic mass is 9.85. The Morgan fingerprint density at radius 2 is 1.64 bits per heavy atom. The molecule has 0 aromatic heterocycles. The summed E-state index contributed by atoms with van der Waals surface area (Å²) in [5.41, 5.74) is 0.832. The van der Waals surface area contributed by atoms with Crippen LogP contribution in [-0.2, 0) is 30.8 Å². The zero-order chi connectivity index (χ0) is 20.1. The number of nitrogens with zero attached hydrogens (tertiary/aromatic N) is 1. The van der Waals surface area contributed by atoms with Gasteiger partial charge in [-0.05, 0) is 42.4 Å². The minimum absolute atomic E-state index is 0.0281. The first-order valence-electron chi connectivity index (χ1n) is 9.17. The number of carbonyl (C=O) groups excluding carboxylic acids is 3. The molecule has 3 amide bonds. The molecule has 4 unspecified atom stereocenters. The molecule has 0 radical (unpaired) electrons. The van der Waals surface area contributed by atoms with Crippen molar-refractivity contribution in [2.45, 2.75) is 17.7 Å². The van der Waals surface area contributed by atoms with Crippen molar-refractivity contribution in [3.63, 3.8) is 0 Å². The molecule has 1 saturated carbocycles. The maximum absolute atomic E-state index is 12.6. The van der Waals surface area contributed by atoms with Crippen LogP contribution in [0.4, 0.5) is 0 Å². The van der Waals surface area contributed by atoms with Gasteiger partial charge in [-0.25, -0.2) is 13.6 Å². The molecule has 2 fully saturated rings. The molecule has 1 aromatic carbocycles. The number of hydrogen-bond acceptors (Lipinski definition) is 5. The van der Waals surface area contributed by atoms with Gasteiger partial charge in [0, 0.05) is 6.54 Å². The number of hydrogen-bond donors (Lipinski definition) is 2. The van der Waals surface area contributed by atoms with Crippen LogP contribution in [-0.4, -0.2) is 44.1 Å². The maximum atomic E-state index is 12.6. The van der Waals surface area contributed by atoms with Crippen LogP contribution in [0.15, 0.2) is 41.3 Å². The fraction of sp³-hybridized carbons (Fsp3) is 0.421. The minimum Gasteiger partial charge on any atom is -0.354 e. The molecule has 8 nitrogen and oxygen atoms in total. The molecule has 2 aliphatic carbocycles. The Balaban J connectivity index is 1.29. The maximum Gasteiger partial charge on any atom is 0.240 e. The molecule has 1 aromatic rings. The second-order valence-corrected chi connectivity index (χ2v) is 9.11. The Hall–Kier alpha value is -2.52. The van der Waals surface area contributed by atoms with E-state index in [0.717, 1.165) is 16.9 Å². The van der Waals surface area contributed by atoms with E-state index in [1.165, 1.54) is 12.1 Å². The van der Waals surface area contributed by atoms with Crippen molar-refractivity contribution in [2.24, 2.45) is 28.8 Å². The number of nitrogens with two attached hydrogens (primary N) is 1. The van der Waals surface area contributed by atoms with E-state index in [0.29, 0.717) is 13.0 Å². The second kappa shape index (κ2) is 6.82. The Morgan fingerprint density at radius 1 is 1.07 bits per heavy atom. The highest BCUT2D eigenvalue weighted by molar-refractivity contribution is 7.89. The number of fused-ring (bicyclic) bond motifs is 5. The van der Waals surface area contributed by atoms with Gasteiger partial charge >= 0.3 is 0 Å². The van der Waals surface area contributed by atoms with Crippen LogP contribution in [0, 0.1) is 23.7 Å². The molecular weight excluding hydrogens is 382 g/mol. The fourth-order valence-electron chi connectivity index (χ4n) is 4.51. The summed E-state index contributed by atoms with van der Waals surface area (Å²) in [6, 6.07) is 6.08. The number of likely N-dealkylation sites (tertiary alicyclic amines) is 1.